The van der Waals surface area contributed by atoms with Crippen LogP contribution < -0.4 is 10.2 Å². The van der Waals surface area contributed by atoms with Crippen LogP contribution in [0.2, 0.25) is 10.0 Å². The predicted octanol–water partition coefficient (Wildman–Crippen LogP) is 5.54. The molecule has 0 saturated heterocycles. The SMILES string of the molecule is O=C(/C=C/c1ccc(Cl)c(Cl)c1)COc1c(-c2ccc(O)cc2)oc2cc(O)cc(O)c2c1=O. The van der Waals surface area contributed by atoms with Crippen molar-refractivity contribution in [2.75, 3.05) is 6.61 Å². The van der Waals surface area contributed by atoms with E-state index >= 15 is 0 Å². The number of carbonyl (C=O) groups excluding carboxylic acids is 1. The van der Waals surface area contributed by atoms with Crippen molar-refractivity contribution in [1.82, 2.24) is 0 Å². The second kappa shape index (κ2) is 9.51. The second-order valence-corrected chi connectivity index (χ2v) is 8.05. The molecule has 0 unspecified atom stereocenters. The number of benzene rings is 3. The average Bonchev–Trinajstić information content (AvgIpc) is 2.79. The summed E-state index contributed by atoms with van der Waals surface area (Å²) in [5, 5.41) is 30.0. The van der Waals surface area contributed by atoms with E-state index in [4.69, 9.17) is 32.4 Å². The first-order chi connectivity index (χ1) is 16.2. The minimum absolute atomic E-state index is 0.00717. The highest BCUT2D eigenvalue weighted by atomic mass is 35.5. The van der Waals surface area contributed by atoms with Gasteiger partial charge in [-0.05, 0) is 48.0 Å². The van der Waals surface area contributed by atoms with E-state index in [0.29, 0.717) is 21.2 Å². The normalized spacial score (nSPS) is 11.2. The molecule has 0 fully saturated rings. The summed E-state index contributed by atoms with van der Waals surface area (Å²) in [4.78, 5) is 25.6. The molecular weight excluding hydrogens is 483 g/mol. The Hall–Kier alpha value is -3.94. The molecule has 3 N–H and O–H groups in total. The molecule has 3 aromatic carbocycles. The van der Waals surface area contributed by atoms with Crippen molar-refractivity contribution < 1.29 is 29.3 Å². The van der Waals surface area contributed by atoms with E-state index in [1.165, 1.54) is 42.5 Å². The molecule has 7 nitrogen and oxygen atoms in total. The number of fused-ring (bicyclic) bond motifs is 1. The van der Waals surface area contributed by atoms with Gasteiger partial charge in [0.2, 0.25) is 11.2 Å². The Morgan fingerprint density at radius 1 is 0.941 bits per heavy atom. The van der Waals surface area contributed by atoms with Gasteiger partial charge in [0, 0.05) is 17.7 Å². The summed E-state index contributed by atoms with van der Waals surface area (Å²) in [5.74, 6) is -1.62. The second-order valence-electron chi connectivity index (χ2n) is 7.24. The zero-order valence-electron chi connectivity index (χ0n) is 17.3. The van der Waals surface area contributed by atoms with E-state index in [1.54, 1.807) is 18.2 Å². The average molecular weight is 499 g/mol. The highest BCUT2D eigenvalue weighted by Gasteiger charge is 2.21. The molecule has 0 radical (unpaired) electrons. The van der Waals surface area contributed by atoms with Crippen LogP contribution in [0.4, 0.5) is 0 Å². The number of rotatable bonds is 6. The van der Waals surface area contributed by atoms with Gasteiger partial charge in [-0.1, -0.05) is 35.3 Å². The maximum absolute atomic E-state index is 13.2. The van der Waals surface area contributed by atoms with E-state index in [2.05, 4.69) is 0 Å². The molecule has 0 aliphatic carbocycles. The molecule has 4 rings (SSSR count). The molecule has 0 atom stereocenters. The van der Waals surface area contributed by atoms with Crippen LogP contribution in [-0.2, 0) is 4.79 Å². The largest absolute Gasteiger partial charge is 0.508 e. The quantitative estimate of drug-likeness (QED) is 0.298. The van der Waals surface area contributed by atoms with E-state index in [9.17, 15) is 24.9 Å². The Morgan fingerprint density at radius 2 is 1.68 bits per heavy atom. The van der Waals surface area contributed by atoms with E-state index in [0.717, 1.165) is 6.07 Å². The van der Waals surface area contributed by atoms with Crippen molar-refractivity contribution in [3.05, 3.63) is 86.5 Å². The minimum Gasteiger partial charge on any atom is -0.508 e. The van der Waals surface area contributed by atoms with Crippen molar-refractivity contribution in [3.63, 3.8) is 0 Å². The first-order valence-electron chi connectivity index (χ1n) is 9.84. The van der Waals surface area contributed by atoms with Crippen molar-refractivity contribution in [1.29, 1.82) is 0 Å². The molecule has 1 heterocycles. The van der Waals surface area contributed by atoms with Crippen LogP contribution in [0.5, 0.6) is 23.0 Å². The Balaban J connectivity index is 1.69. The molecule has 0 aliphatic rings. The first kappa shape index (κ1) is 23.2. The first-order valence-corrected chi connectivity index (χ1v) is 10.6. The van der Waals surface area contributed by atoms with E-state index < -0.39 is 23.6 Å². The van der Waals surface area contributed by atoms with Gasteiger partial charge in [0.1, 0.15) is 28.2 Å². The number of ketones is 1. The van der Waals surface area contributed by atoms with Gasteiger partial charge in [0.25, 0.3) is 0 Å². The lowest BCUT2D eigenvalue weighted by Crippen LogP contribution is -2.15. The highest BCUT2D eigenvalue weighted by molar-refractivity contribution is 6.42. The smallest absolute Gasteiger partial charge is 0.239 e. The van der Waals surface area contributed by atoms with Crippen LogP contribution in [0, 0.1) is 0 Å². The van der Waals surface area contributed by atoms with Gasteiger partial charge in [0.15, 0.2) is 18.2 Å². The van der Waals surface area contributed by atoms with Crippen molar-refractivity contribution in [2.45, 2.75) is 0 Å². The number of hydrogen-bond donors (Lipinski definition) is 3. The maximum Gasteiger partial charge on any atom is 0.239 e. The van der Waals surface area contributed by atoms with Crippen LogP contribution in [0.15, 0.2) is 69.9 Å². The fraction of sp³-hybridized carbons (Fsp3) is 0.0400. The molecule has 34 heavy (non-hydrogen) atoms. The monoisotopic (exact) mass is 498 g/mol. The lowest BCUT2D eigenvalue weighted by Gasteiger charge is -2.12. The van der Waals surface area contributed by atoms with Gasteiger partial charge in [-0.15, -0.1) is 0 Å². The van der Waals surface area contributed by atoms with Gasteiger partial charge >= 0.3 is 0 Å². The number of hydrogen-bond acceptors (Lipinski definition) is 7. The van der Waals surface area contributed by atoms with E-state index in [-0.39, 0.29) is 34.0 Å². The Morgan fingerprint density at radius 3 is 2.38 bits per heavy atom. The molecule has 0 bridgehead atoms. The zero-order chi connectivity index (χ0) is 24.4. The molecule has 172 valence electrons. The Bertz CT molecular complexity index is 1490. The van der Waals surface area contributed by atoms with Gasteiger partial charge in [-0.2, -0.15) is 0 Å². The zero-order valence-corrected chi connectivity index (χ0v) is 18.8. The third kappa shape index (κ3) is 4.85. The third-order valence-corrected chi connectivity index (χ3v) is 5.55. The van der Waals surface area contributed by atoms with Gasteiger partial charge < -0.3 is 24.5 Å². The Kier molecular flexibility index (Phi) is 6.49. The van der Waals surface area contributed by atoms with Crippen LogP contribution in [0.1, 0.15) is 5.56 Å². The molecule has 4 aromatic rings. The molecule has 0 spiro atoms. The van der Waals surface area contributed by atoms with Gasteiger partial charge in [-0.25, -0.2) is 0 Å². The number of phenolic OH excluding ortho intramolecular Hbond substituents is 3. The number of phenols is 3. The van der Waals surface area contributed by atoms with Crippen molar-refractivity contribution in [2.24, 2.45) is 0 Å². The minimum atomic E-state index is -0.733. The van der Waals surface area contributed by atoms with Crippen molar-refractivity contribution in [3.8, 4) is 34.3 Å². The summed E-state index contributed by atoms with van der Waals surface area (Å²) in [6.45, 7) is -0.502. The van der Waals surface area contributed by atoms with Crippen LogP contribution in [0.25, 0.3) is 28.4 Å². The molecule has 0 aliphatic heterocycles. The van der Waals surface area contributed by atoms with Crippen LogP contribution >= 0.6 is 23.2 Å². The summed E-state index contributed by atoms with van der Waals surface area (Å²) >= 11 is 11.9. The fourth-order valence-corrected chi connectivity index (χ4v) is 3.51. The lowest BCUT2D eigenvalue weighted by atomic mass is 10.1. The van der Waals surface area contributed by atoms with Gasteiger partial charge in [-0.3, -0.25) is 9.59 Å². The van der Waals surface area contributed by atoms with E-state index in [1.807, 2.05) is 0 Å². The number of halogens is 2. The standard InChI is InChI=1S/C25H16Cl2O7/c26-18-8-2-13(9-19(18)27)1-5-16(29)12-33-25-23(32)22-20(31)10-17(30)11-21(22)34-24(25)14-3-6-15(28)7-4-14/h1-11,28,30-31H,12H2/b5-1+. The van der Waals surface area contributed by atoms with Crippen molar-refractivity contribution >= 4 is 46.0 Å². The highest BCUT2D eigenvalue weighted by Crippen LogP contribution is 2.36. The summed E-state index contributed by atoms with van der Waals surface area (Å²) < 4.78 is 11.3. The summed E-state index contributed by atoms with van der Waals surface area (Å²) in [5.41, 5.74) is 0.197. The number of aromatic hydroxyl groups is 3. The summed E-state index contributed by atoms with van der Waals surface area (Å²) in [6, 6.07) is 12.8. The molecule has 9 heteroatoms. The topological polar surface area (TPSA) is 117 Å². The van der Waals surface area contributed by atoms with Crippen LogP contribution in [-0.4, -0.2) is 27.7 Å². The molecular formula is C25H16Cl2O7. The summed E-state index contributed by atoms with van der Waals surface area (Å²) in [6.07, 6.45) is 2.78. The maximum atomic E-state index is 13.2. The lowest BCUT2D eigenvalue weighted by molar-refractivity contribution is -0.116. The molecule has 1 aromatic heterocycles. The number of carbonyl (C=O) groups is 1. The molecule has 0 amide bonds. The molecule has 0 saturated carbocycles. The summed E-state index contributed by atoms with van der Waals surface area (Å²) in [7, 11) is 0. The third-order valence-electron chi connectivity index (χ3n) is 4.81. The van der Waals surface area contributed by atoms with Crippen LogP contribution in [0.3, 0.4) is 0 Å². The predicted molar refractivity (Wildman–Crippen MR) is 129 cm³/mol. The van der Waals surface area contributed by atoms with Gasteiger partial charge in [0.05, 0.1) is 10.0 Å². The number of ether oxygens (including phenoxy) is 1. The Labute approximate surface area is 202 Å². The fourth-order valence-electron chi connectivity index (χ4n) is 3.20.